The van der Waals surface area contributed by atoms with Crippen LogP contribution in [-0.2, 0) is 17.8 Å². The molecule has 0 radical (unpaired) electrons. The number of morpholine rings is 1. The molecule has 100 valence electrons. The van der Waals surface area contributed by atoms with E-state index < -0.39 is 0 Å². The topological polar surface area (TPSA) is 74.9 Å². The fourth-order valence-electron chi connectivity index (χ4n) is 2.04. The molecule has 1 saturated heterocycles. The maximum Gasteiger partial charge on any atom is 0.223 e. The third-order valence-electron chi connectivity index (χ3n) is 3.03. The third-order valence-corrected chi connectivity index (χ3v) is 3.03. The van der Waals surface area contributed by atoms with Crippen LogP contribution in [0.3, 0.4) is 0 Å². The first kappa shape index (κ1) is 13.1. The Morgan fingerprint density at radius 2 is 2.06 bits per heavy atom. The second-order valence-electron chi connectivity index (χ2n) is 4.32. The zero-order chi connectivity index (χ0) is 13.0. The minimum absolute atomic E-state index is 0.0293. The van der Waals surface area contributed by atoms with Gasteiger partial charge in [0.1, 0.15) is 0 Å². The van der Waals surface area contributed by atoms with E-state index in [-0.39, 0.29) is 17.8 Å². The van der Waals surface area contributed by atoms with Crippen molar-refractivity contribution in [2.24, 2.45) is 0 Å². The molecule has 0 aromatic carbocycles. The Morgan fingerprint density at radius 3 is 2.72 bits per heavy atom. The summed E-state index contributed by atoms with van der Waals surface area (Å²) in [5.41, 5.74) is 0.418. The molecule has 0 atom stereocenters. The number of hydrogen-bond donors (Lipinski definition) is 2. The van der Waals surface area contributed by atoms with Crippen molar-refractivity contribution in [3.8, 4) is 5.75 Å². The minimum Gasteiger partial charge on any atom is -0.503 e. The van der Waals surface area contributed by atoms with Gasteiger partial charge in [-0.25, -0.2) is 0 Å². The fourth-order valence-corrected chi connectivity index (χ4v) is 2.04. The van der Waals surface area contributed by atoms with Gasteiger partial charge in [-0.2, -0.15) is 0 Å². The Morgan fingerprint density at radius 1 is 1.33 bits per heavy atom. The summed E-state index contributed by atoms with van der Waals surface area (Å²) < 4.78 is 6.98. The van der Waals surface area contributed by atoms with Gasteiger partial charge in [0.05, 0.1) is 26.0 Å². The normalized spacial score (nSPS) is 16.9. The van der Waals surface area contributed by atoms with E-state index in [2.05, 4.69) is 4.90 Å². The molecule has 2 heterocycles. The van der Waals surface area contributed by atoms with Crippen LogP contribution in [0.25, 0.3) is 0 Å². The van der Waals surface area contributed by atoms with Gasteiger partial charge in [0, 0.05) is 37.9 Å². The maximum absolute atomic E-state index is 11.5. The number of pyridine rings is 1. The summed E-state index contributed by atoms with van der Waals surface area (Å²) in [6.45, 7) is 4.01. The Bertz CT molecular complexity index is 452. The SMILES string of the molecule is O=c1cc(CN2CCOCC2)n(CCO)cc1O. The van der Waals surface area contributed by atoms with Crippen LogP contribution in [0.5, 0.6) is 5.75 Å². The van der Waals surface area contributed by atoms with E-state index in [9.17, 15) is 9.90 Å². The van der Waals surface area contributed by atoms with Gasteiger partial charge in [-0.05, 0) is 0 Å². The standard InChI is InChI=1S/C12H18N2O4/c15-4-1-14-9-12(17)11(16)7-10(14)8-13-2-5-18-6-3-13/h7,9,15,17H,1-6,8H2. The number of aliphatic hydroxyl groups excluding tert-OH is 1. The highest BCUT2D eigenvalue weighted by molar-refractivity contribution is 5.20. The lowest BCUT2D eigenvalue weighted by atomic mass is 10.2. The first-order valence-corrected chi connectivity index (χ1v) is 6.04. The lowest BCUT2D eigenvalue weighted by Gasteiger charge is -2.27. The number of aliphatic hydroxyl groups is 1. The van der Waals surface area contributed by atoms with Crippen molar-refractivity contribution in [3.05, 3.63) is 28.2 Å². The summed E-state index contributed by atoms with van der Waals surface area (Å²) in [7, 11) is 0. The molecule has 0 unspecified atom stereocenters. The van der Waals surface area contributed by atoms with Crippen LogP contribution in [-0.4, -0.2) is 52.6 Å². The monoisotopic (exact) mass is 254 g/mol. The molecule has 0 amide bonds. The van der Waals surface area contributed by atoms with Crippen LogP contribution in [0.4, 0.5) is 0 Å². The van der Waals surface area contributed by atoms with Gasteiger partial charge in [0.2, 0.25) is 5.43 Å². The predicted molar refractivity (Wildman–Crippen MR) is 65.5 cm³/mol. The minimum atomic E-state index is -0.382. The van der Waals surface area contributed by atoms with E-state index in [1.54, 1.807) is 4.57 Å². The zero-order valence-electron chi connectivity index (χ0n) is 10.2. The molecule has 1 aliphatic rings. The second kappa shape index (κ2) is 5.99. The molecule has 1 aliphatic heterocycles. The number of aromatic hydroxyl groups is 1. The van der Waals surface area contributed by atoms with Crippen LogP contribution in [0, 0.1) is 0 Å². The number of nitrogens with zero attached hydrogens (tertiary/aromatic N) is 2. The Hall–Kier alpha value is -1.37. The first-order valence-electron chi connectivity index (χ1n) is 6.04. The van der Waals surface area contributed by atoms with E-state index in [1.807, 2.05) is 0 Å². The predicted octanol–water partition coefficient (Wildman–Crippen LogP) is -0.622. The van der Waals surface area contributed by atoms with Crippen molar-refractivity contribution < 1.29 is 14.9 Å². The van der Waals surface area contributed by atoms with Crippen molar-refractivity contribution in [3.63, 3.8) is 0 Å². The molecule has 1 fully saturated rings. The quantitative estimate of drug-likeness (QED) is 0.749. The molecular formula is C12H18N2O4. The van der Waals surface area contributed by atoms with E-state index in [0.29, 0.717) is 26.3 Å². The third kappa shape index (κ3) is 3.10. The van der Waals surface area contributed by atoms with Crippen LogP contribution >= 0.6 is 0 Å². The highest BCUT2D eigenvalue weighted by Crippen LogP contribution is 2.09. The summed E-state index contributed by atoms with van der Waals surface area (Å²) in [4.78, 5) is 13.7. The summed E-state index contributed by atoms with van der Waals surface area (Å²) in [6.07, 6.45) is 1.38. The van der Waals surface area contributed by atoms with Gasteiger partial charge in [-0.3, -0.25) is 9.69 Å². The van der Waals surface area contributed by atoms with Crippen LogP contribution in [0.1, 0.15) is 5.69 Å². The molecule has 0 aliphatic carbocycles. The molecule has 1 aromatic heterocycles. The zero-order valence-corrected chi connectivity index (χ0v) is 10.2. The molecule has 2 rings (SSSR count). The molecule has 6 nitrogen and oxygen atoms in total. The average Bonchev–Trinajstić information content (AvgIpc) is 2.37. The maximum atomic E-state index is 11.5. The summed E-state index contributed by atoms with van der Waals surface area (Å²) >= 11 is 0. The molecule has 0 bridgehead atoms. The van der Waals surface area contributed by atoms with Gasteiger partial charge < -0.3 is 19.5 Å². The van der Waals surface area contributed by atoms with Gasteiger partial charge >= 0.3 is 0 Å². The Labute approximate surface area is 105 Å². The molecule has 6 heteroatoms. The fraction of sp³-hybridized carbons (Fsp3) is 0.583. The van der Waals surface area contributed by atoms with Crippen LogP contribution in [0.2, 0.25) is 0 Å². The Balaban J connectivity index is 2.18. The number of hydrogen-bond acceptors (Lipinski definition) is 5. The van der Waals surface area contributed by atoms with Gasteiger partial charge in [0.15, 0.2) is 5.75 Å². The van der Waals surface area contributed by atoms with E-state index in [4.69, 9.17) is 9.84 Å². The van der Waals surface area contributed by atoms with Crippen LogP contribution in [0.15, 0.2) is 17.1 Å². The molecular weight excluding hydrogens is 236 g/mol. The largest absolute Gasteiger partial charge is 0.503 e. The van der Waals surface area contributed by atoms with Crippen molar-refractivity contribution in [2.75, 3.05) is 32.9 Å². The lowest BCUT2D eigenvalue weighted by Crippen LogP contribution is -2.36. The lowest BCUT2D eigenvalue weighted by molar-refractivity contribution is 0.0329. The van der Waals surface area contributed by atoms with Crippen LogP contribution < -0.4 is 5.43 Å². The van der Waals surface area contributed by atoms with Crippen molar-refractivity contribution in [1.82, 2.24) is 9.47 Å². The molecule has 0 saturated carbocycles. The molecule has 0 spiro atoms. The van der Waals surface area contributed by atoms with Gasteiger partial charge in [-0.15, -0.1) is 0 Å². The number of ether oxygens (including phenoxy) is 1. The Kier molecular flexibility index (Phi) is 4.35. The smallest absolute Gasteiger partial charge is 0.223 e. The average molecular weight is 254 g/mol. The van der Waals surface area contributed by atoms with Gasteiger partial charge in [-0.1, -0.05) is 0 Å². The van der Waals surface area contributed by atoms with E-state index >= 15 is 0 Å². The molecule has 2 N–H and O–H groups in total. The van der Waals surface area contributed by atoms with E-state index in [0.717, 1.165) is 18.8 Å². The molecule has 18 heavy (non-hydrogen) atoms. The first-order chi connectivity index (χ1) is 8.70. The second-order valence-corrected chi connectivity index (χ2v) is 4.32. The number of rotatable bonds is 4. The molecule has 1 aromatic rings. The van der Waals surface area contributed by atoms with Crippen molar-refractivity contribution >= 4 is 0 Å². The van der Waals surface area contributed by atoms with Crippen molar-refractivity contribution in [1.29, 1.82) is 0 Å². The van der Waals surface area contributed by atoms with E-state index in [1.165, 1.54) is 12.3 Å². The number of aromatic nitrogens is 1. The van der Waals surface area contributed by atoms with Gasteiger partial charge in [0.25, 0.3) is 0 Å². The summed E-state index contributed by atoms with van der Waals surface area (Å²) in [5, 5.41) is 18.4. The highest BCUT2D eigenvalue weighted by atomic mass is 16.5. The summed E-state index contributed by atoms with van der Waals surface area (Å²) in [6, 6.07) is 1.43. The highest BCUT2D eigenvalue weighted by Gasteiger charge is 2.13. The van der Waals surface area contributed by atoms with Crippen molar-refractivity contribution in [2.45, 2.75) is 13.1 Å². The summed E-state index contributed by atoms with van der Waals surface area (Å²) in [5.74, 6) is -0.283.